The van der Waals surface area contributed by atoms with Crippen molar-refractivity contribution < 1.29 is 4.21 Å². The first kappa shape index (κ1) is 13.1. The highest BCUT2D eigenvalue weighted by Gasteiger charge is 2.05. The second kappa shape index (κ2) is 6.58. The molecule has 0 aliphatic rings. The number of rotatable bonds is 6. The van der Waals surface area contributed by atoms with Gasteiger partial charge in [-0.05, 0) is 12.8 Å². The fourth-order valence-electron chi connectivity index (χ4n) is 1.26. The lowest BCUT2D eigenvalue weighted by atomic mass is 10.3. The van der Waals surface area contributed by atoms with E-state index in [0.29, 0.717) is 0 Å². The van der Waals surface area contributed by atoms with Crippen LogP contribution >= 0.6 is 0 Å². The third-order valence-electron chi connectivity index (χ3n) is 2.51. The van der Waals surface area contributed by atoms with Gasteiger partial charge in [-0.2, -0.15) is 0 Å². The summed E-state index contributed by atoms with van der Waals surface area (Å²) in [6, 6.07) is 1.95. The lowest BCUT2D eigenvalue weighted by molar-refractivity contribution is 0.672. The predicted molar refractivity (Wildman–Crippen MR) is 68.0 cm³/mol. The molecule has 0 aromatic carbocycles. The Morgan fingerprint density at radius 3 is 2.88 bits per heavy atom. The van der Waals surface area contributed by atoms with Crippen molar-refractivity contribution in [2.24, 2.45) is 0 Å². The molecule has 2 atom stereocenters. The second-order valence-corrected chi connectivity index (χ2v) is 5.57. The molecule has 0 spiro atoms. The summed E-state index contributed by atoms with van der Waals surface area (Å²) in [4.78, 5) is 8.26. The van der Waals surface area contributed by atoms with E-state index in [2.05, 4.69) is 22.2 Å². The normalized spacial score (nSPS) is 14.4. The molecule has 2 unspecified atom stereocenters. The molecule has 0 aliphatic carbocycles. The van der Waals surface area contributed by atoms with Crippen molar-refractivity contribution in [1.29, 1.82) is 0 Å². The Labute approximate surface area is 99.3 Å². The standard InChI is InChI=1S/C11H19N3OS/c1-4-10-7-11(14-8-13-10)12-6-5-9(2)16(3)15/h7-9H,4-6H2,1-3H3,(H,12,13,14). The van der Waals surface area contributed by atoms with Crippen LogP contribution < -0.4 is 5.32 Å². The van der Waals surface area contributed by atoms with Crippen molar-refractivity contribution in [2.45, 2.75) is 31.9 Å². The van der Waals surface area contributed by atoms with Crippen LogP contribution in [0.4, 0.5) is 5.82 Å². The van der Waals surface area contributed by atoms with E-state index >= 15 is 0 Å². The van der Waals surface area contributed by atoms with Gasteiger partial charge in [0.05, 0.1) is 0 Å². The minimum atomic E-state index is -0.747. The van der Waals surface area contributed by atoms with Crippen LogP contribution in [0.5, 0.6) is 0 Å². The monoisotopic (exact) mass is 241 g/mol. The minimum Gasteiger partial charge on any atom is -0.370 e. The molecule has 0 saturated carbocycles. The summed E-state index contributed by atoms with van der Waals surface area (Å²) in [5, 5.41) is 3.44. The molecule has 1 rings (SSSR count). The highest BCUT2D eigenvalue weighted by Crippen LogP contribution is 2.05. The van der Waals surface area contributed by atoms with E-state index in [0.717, 1.165) is 30.9 Å². The van der Waals surface area contributed by atoms with Gasteiger partial charge in [0.15, 0.2) is 0 Å². The Morgan fingerprint density at radius 2 is 2.25 bits per heavy atom. The molecular weight excluding hydrogens is 222 g/mol. The number of aromatic nitrogens is 2. The summed E-state index contributed by atoms with van der Waals surface area (Å²) < 4.78 is 11.1. The Hall–Kier alpha value is -0.970. The van der Waals surface area contributed by atoms with Gasteiger partial charge in [-0.3, -0.25) is 4.21 Å². The van der Waals surface area contributed by atoms with Crippen LogP contribution in [-0.4, -0.2) is 32.2 Å². The number of aryl methyl sites for hydroxylation is 1. The zero-order chi connectivity index (χ0) is 12.0. The summed E-state index contributed by atoms with van der Waals surface area (Å²) in [6.07, 6.45) is 5.11. The van der Waals surface area contributed by atoms with Crippen molar-refractivity contribution in [3.63, 3.8) is 0 Å². The molecule has 0 aliphatic heterocycles. The van der Waals surface area contributed by atoms with Crippen molar-refractivity contribution in [2.75, 3.05) is 18.1 Å². The Balaban J connectivity index is 2.39. The zero-order valence-corrected chi connectivity index (χ0v) is 10.9. The fraction of sp³-hybridized carbons (Fsp3) is 0.636. The van der Waals surface area contributed by atoms with Crippen LogP contribution in [0.15, 0.2) is 12.4 Å². The number of nitrogens with zero attached hydrogens (tertiary/aromatic N) is 2. The topological polar surface area (TPSA) is 54.9 Å². The van der Waals surface area contributed by atoms with Crippen molar-refractivity contribution in [1.82, 2.24) is 9.97 Å². The van der Waals surface area contributed by atoms with E-state index in [1.54, 1.807) is 12.6 Å². The first-order chi connectivity index (χ1) is 7.63. The number of anilines is 1. The number of hydrogen-bond donors (Lipinski definition) is 1. The van der Waals surface area contributed by atoms with Crippen LogP contribution in [0.1, 0.15) is 26.0 Å². The van der Waals surface area contributed by atoms with Crippen molar-refractivity contribution in [3.05, 3.63) is 18.1 Å². The minimum absolute atomic E-state index is 0.222. The van der Waals surface area contributed by atoms with E-state index in [-0.39, 0.29) is 5.25 Å². The van der Waals surface area contributed by atoms with Gasteiger partial charge in [0.1, 0.15) is 12.1 Å². The summed E-state index contributed by atoms with van der Waals surface area (Å²) in [7, 11) is -0.747. The van der Waals surface area contributed by atoms with Crippen LogP contribution in [-0.2, 0) is 17.2 Å². The molecule has 16 heavy (non-hydrogen) atoms. The fourth-order valence-corrected chi connectivity index (χ4v) is 1.71. The van der Waals surface area contributed by atoms with Gasteiger partial charge in [0.2, 0.25) is 0 Å². The number of nitrogens with one attached hydrogen (secondary N) is 1. The Kier molecular flexibility index (Phi) is 5.38. The molecule has 0 amide bonds. The van der Waals surface area contributed by atoms with E-state index in [9.17, 15) is 4.21 Å². The third-order valence-corrected chi connectivity index (χ3v) is 3.88. The maximum Gasteiger partial charge on any atom is 0.129 e. The average molecular weight is 241 g/mol. The van der Waals surface area contributed by atoms with E-state index in [1.165, 1.54) is 0 Å². The van der Waals surface area contributed by atoms with Gasteiger partial charge in [0, 0.05) is 40.6 Å². The van der Waals surface area contributed by atoms with Crippen LogP contribution in [0.25, 0.3) is 0 Å². The van der Waals surface area contributed by atoms with Gasteiger partial charge in [0.25, 0.3) is 0 Å². The first-order valence-corrected chi connectivity index (χ1v) is 7.12. The van der Waals surface area contributed by atoms with Gasteiger partial charge in [-0.25, -0.2) is 9.97 Å². The maximum absolute atomic E-state index is 11.1. The summed E-state index contributed by atoms with van der Waals surface area (Å²) in [5.41, 5.74) is 1.03. The summed E-state index contributed by atoms with van der Waals surface area (Å²) in [5.74, 6) is 0.848. The highest BCUT2D eigenvalue weighted by molar-refractivity contribution is 7.84. The summed E-state index contributed by atoms with van der Waals surface area (Å²) in [6.45, 7) is 4.85. The largest absolute Gasteiger partial charge is 0.370 e. The Bertz CT molecular complexity index is 357. The average Bonchev–Trinajstić information content (AvgIpc) is 2.29. The molecule has 0 bridgehead atoms. The van der Waals surface area contributed by atoms with E-state index < -0.39 is 10.8 Å². The van der Waals surface area contributed by atoms with Gasteiger partial charge in [-0.1, -0.05) is 13.8 Å². The van der Waals surface area contributed by atoms with Gasteiger partial charge in [-0.15, -0.1) is 0 Å². The molecule has 4 nitrogen and oxygen atoms in total. The van der Waals surface area contributed by atoms with Crippen molar-refractivity contribution in [3.8, 4) is 0 Å². The molecule has 0 radical (unpaired) electrons. The molecule has 1 aromatic rings. The van der Waals surface area contributed by atoms with Gasteiger partial charge < -0.3 is 5.32 Å². The highest BCUT2D eigenvalue weighted by atomic mass is 32.2. The quantitative estimate of drug-likeness (QED) is 0.822. The van der Waals surface area contributed by atoms with Gasteiger partial charge >= 0.3 is 0 Å². The van der Waals surface area contributed by atoms with Crippen LogP contribution in [0, 0.1) is 0 Å². The third kappa shape index (κ3) is 4.26. The number of hydrogen-bond acceptors (Lipinski definition) is 4. The second-order valence-electron chi connectivity index (χ2n) is 3.77. The SMILES string of the molecule is CCc1cc(NCCC(C)S(C)=O)ncn1. The molecule has 0 fully saturated rings. The lowest BCUT2D eigenvalue weighted by Crippen LogP contribution is -2.15. The molecule has 5 heteroatoms. The van der Waals surface area contributed by atoms with Crippen LogP contribution in [0.2, 0.25) is 0 Å². The predicted octanol–water partition coefficient (Wildman–Crippen LogP) is 1.61. The molecule has 0 saturated heterocycles. The van der Waals surface area contributed by atoms with E-state index in [4.69, 9.17) is 0 Å². The molecule has 1 heterocycles. The maximum atomic E-state index is 11.1. The van der Waals surface area contributed by atoms with E-state index in [1.807, 2.05) is 13.0 Å². The molecule has 1 aromatic heterocycles. The smallest absolute Gasteiger partial charge is 0.129 e. The zero-order valence-electron chi connectivity index (χ0n) is 10.1. The first-order valence-electron chi connectivity index (χ1n) is 5.50. The molecule has 1 N–H and O–H groups in total. The molecule has 90 valence electrons. The van der Waals surface area contributed by atoms with Crippen LogP contribution in [0.3, 0.4) is 0 Å². The lowest BCUT2D eigenvalue weighted by Gasteiger charge is -2.09. The Morgan fingerprint density at radius 1 is 1.50 bits per heavy atom. The molecular formula is C11H19N3OS. The van der Waals surface area contributed by atoms with Crippen molar-refractivity contribution >= 4 is 16.6 Å². The summed E-state index contributed by atoms with van der Waals surface area (Å²) >= 11 is 0.